The molecular weight excluding hydrogens is 475 g/mol. The molecule has 1 fully saturated rings. The fraction of sp³-hybridized carbons (Fsp3) is 0.316. The summed E-state index contributed by atoms with van der Waals surface area (Å²) in [5, 5.41) is 17.7. The minimum atomic E-state index is -5.49. The van der Waals surface area contributed by atoms with Crippen LogP contribution >= 0.6 is 0 Å². The molecule has 176 valence electrons. The van der Waals surface area contributed by atoms with Crippen LogP contribution in [0.2, 0.25) is 0 Å². The first-order valence-electron chi connectivity index (χ1n) is 9.86. The van der Waals surface area contributed by atoms with Crippen LogP contribution in [0.15, 0.2) is 43.2 Å². The molecule has 5 rings (SSSR count). The van der Waals surface area contributed by atoms with Crippen LogP contribution in [-0.2, 0) is 22.6 Å². The molecule has 0 radical (unpaired) electrons. The molecule has 34 heavy (non-hydrogen) atoms. The lowest BCUT2D eigenvalue weighted by atomic mass is 9.89. The maximum atomic E-state index is 12.9. The topological polar surface area (TPSA) is 127 Å². The molecule has 0 aromatic carbocycles. The van der Waals surface area contributed by atoms with E-state index in [1.807, 2.05) is 6.07 Å². The molecule has 0 saturated carbocycles. The lowest BCUT2D eigenvalue weighted by Crippen LogP contribution is -2.65. The molecule has 11 nitrogen and oxygen atoms in total. The van der Waals surface area contributed by atoms with Crippen LogP contribution in [0.4, 0.5) is 13.2 Å². The van der Waals surface area contributed by atoms with Gasteiger partial charge in [-0.3, -0.25) is 13.8 Å². The van der Waals surface area contributed by atoms with Crippen molar-refractivity contribution in [1.29, 1.82) is 5.26 Å². The van der Waals surface area contributed by atoms with Gasteiger partial charge >= 0.3 is 15.5 Å². The summed E-state index contributed by atoms with van der Waals surface area (Å²) in [6, 6.07) is 3.71. The highest BCUT2D eigenvalue weighted by Crippen LogP contribution is 2.39. The number of hydrogen-bond acceptors (Lipinski definition) is 7. The van der Waals surface area contributed by atoms with Crippen molar-refractivity contribution in [2.75, 3.05) is 13.1 Å². The van der Waals surface area contributed by atoms with Crippen LogP contribution in [0.1, 0.15) is 6.42 Å². The van der Waals surface area contributed by atoms with Crippen LogP contribution in [-0.4, -0.2) is 65.3 Å². The number of imidazole rings is 1. The molecule has 15 heteroatoms. The summed E-state index contributed by atoms with van der Waals surface area (Å²) in [6.07, 6.45) is 9.54. The molecule has 0 amide bonds. The minimum absolute atomic E-state index is 0.221. The Labute approximate surface area is 190 Å². The Morgan fingerprint density at radius 1 is 1.18 bits per heavy atom. The second kappa shape index (κ2) is 7.37. The zero-order valence-electron chi connectivity index (χ0n) is 17.5. The molecule has 1 aliphatic heterocycles. The quantitative estimate of drug-likeness (QED) is 0.416. The minimum Gasteiger partial charge on any atom is -0.284 e. The largest absolute Gasteiger partial charge is 0.511 e. The van der Waals surface area contributed by atoms with Crippen LogP contribution in [0.3, 0.4) is 0 Å². The van der Waals surface area contributed by atoms with Gasteiger partial charge in [0, 0.05) is 56.6 Å². The van der Waals surface area contributed by atoms with Crippen molar-refractivity contribution < 1.29 is 21.6 Å². The Hall–Kier alpha value is -3.77. The third-order valence-electron chi connectivity index (χ3n) is 5.70. The summed E-state index contributed by atoms with van der Waals surface area (Å²) in [7, 11) is -3.71. The number of alkyl halides is 3. The molecular formula is C19H16F3N9O2S. The van der Waals surface area contributed by atoms with Gasteiger partial charge in [-0.2, -0.15) is 32.9 Å². The number of nitriles is 1. The fourth-order valence-corrected chi connectivity index (χ4v) is 5.05. The summed E-state index contributed by atoms with van der Waals surface area (Å²) in [4.78, 5) is 9.01. The van der Waals surface area contributed by atoms with E-state index in [0.717, 1.165) is 5.56 Å². The smallest absolute Gasteiger partial charge is 0.284 e. The lowest BCUT2D eigenvalue weighted by molar-refractivity contribution is -0.0565. The summed E-state index contributed by atoms with van der Waals surface area (Å²) < 4.78 is 67.3. The molecule has 0 aliphatic carbocycles. The summed E-state index contributed by atoms with van der Waals surface area (Å²) in [5.74, 6) is 0.464. The van der Waals surface area contributed by atoms with E-state index in [1.165, 1.54) is 10.9 Å². The molecule has 5 heterocycles. The standard InChI is InChI=1S/C19H16F3N9O2S/c1-28-9-13(7-25-28)15-6-16-24-4-5-30(16)17(27-15)14-8-26-31(10-14)18(2-3-23)11-29(12-18)34(32,33)19(20,21)22/h4-10H,2,11-12H2,1H3. The number of aromatic nitrogens is 7. The van der Waals surface area contributed by atoms with Crippen molar-refractivity contribution in [3.63, 3.8) is 0 Å². The van der Waals surface area contributed by atoms with Gasteiger partial charge in [-0.05, 0) is 0 Å². The van der Waals surface area contributed by atoms with Crippen molar-refractivity contribution in [2.24, 2.45) is 7.05 Å². The number of rotatable bonds is 5. The van der Waals surface area contributed by atoms with Crippen molar-refractivity contribution in [3.05, 3.63) is 43.2 Å². The van der Waals surface area contributed by atoms with E-state index in [1.54, 1.807) is 53.2 Å². The summed E-state index contributed by atoms with van der Waals surface area (Å²) >= 11 is 0. The van der Waals surface area contributed by atoms with Gasteiger partial charge in [0.1, 0.15) is 17.0 Å². The van der Waals surface area contributed by atoms with E-state index in [-0.39, 0.29) is 6.42 Å². The number of fused-ring (bicyclic) bond motifs is 1. The van der Waals surface area contributed by atoms with Gasteiger partial charge in [0.15, 0.2) is 0 Å². The maximum Gasteiger partial charge on any atom is 0.511 e. The van der Waals surface area contributed by atoms with Crippen molar-refractivity contribution in [2.45, 2.75) is 17.5 Å². The molecule has 4 aromatic heterocycles. The molecule has 0 bridgehead atoms. The Morgan fingerprint density at radius 3 is 2.56 bits per heavy atom. The van der Waals surface area contributed by atoms with Crippen molar-refractivity contribution in [1.82, 2.24) is 38.2 Å². The van der Waals surface area contributed by atoms with E-state index >= 15 is 0 Å². The van der Waals surface area contributed by atoms with E-state index in [2.05, 4.69) is 15.2 Å². The average Bonchev–Trinajstić information content (AvgIpc) is 3.49. The second-order valence-electron chi connectivity index (χ2n) is 7.97. The summed E-state index contributed by atoms with van der Waals surface area (Å²) in [5.41, 5.74) is -4.15. The molecule has 0 atom stereocenters. The molecule has 0 N–H and O–H groups in total. The van der Waals surface area contributed by atoms with E-state index in [9.17, 15) is 26.9 Å². The van der Waals surface area contributed by atoms with Gasteiger partial charge in [-0.15, -0.1) is 0 Å². The fourth-order valence-electron chi connectivity index (χ4n) is 3.94. The molecule has 1 saturated heterocycles. The van der Waals surface area contributed by atoms with Crippen molar-refractivity contribution in [3.8, 4) is 28.7 Å². The van der Waals surface area contributed by atoms with Gasteiger partial charge < -0.3 is 0 Å². The number of nitrogens with zero attached hydrogens (tertiary/aromatic N) is 9. The van der Waals surface area contributed by atoms with E-state index in [0.29, 0.717) is 27.0 Å². The monoisotopic (exact) mass is 491 g/mol. The Kier molecular flexibility index (Phi) is 4.78. The van der Waals surface area contributed by atoms with Crippen LogP contribution in [0, 0.1) is 11.3 Å². The van der Waals surface area contributed by atoms with E-state index in [4.69, 9.17) is 4.98 Å². The molecule has 1 aliphatic rings. The number of halogens is 3. The number of hydrogen-bond donors (Lipinski definition) is 0. The predicted molar refractivity (Wildman–Crippen MR) is 111 cm³/mol. The number of sulfonamides is 1. The first-order chi connectivity index (χ1) is 16.0. The Bertz CT molecular complexity index is 1540. The SMILES string of the molecule is Cn1cc(-c2cc3nccn3c(-c3cnn(C4(CC#N)CN(S(=O)(=O)C(F)(F)F)C4)c3)n2)cn1. The molecule has 0 spiro atoms. The second-order valence-corrected chi connectivity index (χ2v) is 9.90. The van der Waals surface area contributed by atoms with Gasteiger partial charge in [-0.25, -0.2) is 18.4 Å². The zero-order valence-corrected chi connectivity index (χ0v) is 18.4. The van der Waals surface area contributed by atoms with Crippen molar-refractivity contribution >= 4 is 15.7 Å². The third-order valence-corrected chi connectivity index (χ3v) is 7.22. The van der Waals surface area contributed by atoms with Crippen LogP contribution in [0.5, 0.6) is 0 Å². The number of aryl methyl sites for hydroxylation is 1. The zero-order chi connectivity index (χ0) is 24.3. The highest BCUT2D eigenvalue weighted by Gasteiger charge is 2.59. The van der Waals surface area contributed by atoms with Crippen LogP contribution in [0.25, 0.3) is 28.3 Å². The van der Waals surface area contributed by atoms with Gasteiger partial charge in [-0.1, -0.05) is 0 Å². The van der Waals surface area contributed by atoms with Gasteiger partial charge in [0.05, 0.1) is 36.1 Å². The maximum absolute atomic E-state index is 12.9. The first-order valence-corrected chi connectivity index (χ1v) is 11.3. The van der Waals surface area contributed by atoms with E-state index < -0.39 is 34.2 Å². The average molecular weight is 491 g/mol. The first kappa shape index (κ1) is 22.0. The highest BCUT2D eigenvalue weighted by atomic mass is 32.2. The van der Waals surface area contributed by atoms with Gasteiger partial charge in [0.2, 0.25) is 0 Å². The molecule has 0 unspecified atom stereocenters. The lowest BCUT2D eigenvalue weighted by Gasteiger charge is -2.47. The van der Waals surface area contributed by atoms with Crippen LogP contribution < -0.4 is 0 Å². The highest BCUT2D eigenvalue weighted by molar-refractivity contribution is 7.90. The normalized spacial score (nSPS) is 16.4. The molecule has 4 aromatic rings. The third kappa shape index (κ3) is 3.33. The van der Waals surface area contributed by atoms with Gasteiger partial charge in [0.25, 0.3) is 0 Å². The summed E-state index contributed by atoms with van der Waals surface area (Å²) in [6.45, 7) is -1.04. The Morgan fingerprint density at radius 2 is 1.91 bits per heavy atom. The Balaban J connectivity index is 1.53. The predicted octanol–water partition coefficient (Wildman–Crippen LogP) is 1.77.